The molecule has 1 aliphatic rings. The van der Waals surface area contributed by atoms with E-state index in [-0.39, 0.29) is 5.91 Å². The Balaban J connectivity index is 1.39. The Bertz CT molecular complexity index is 916. The van der Waals surface area contributed by atoms with E-state index in [2.05, 4.69) is 9.88 Å². The van der Waals surface area contributed by atoms with Crippen molar-refractivity contribution in [2.24, 2.45) is 0 Å². The first-order valence-corrected chi connectivity index (χ1v) is 10.3. The van der Waals surface area contributed by atoms with Gasteiger partial charge < -0.3 is 9.80 Å². The van der Waals surface area contributed by atoms with Crippen LogP contribution in [0.5, 0.6) is 0 Å². The van der Waals surface area contributed by atoms with E-state index in [0.717, 1.165) is 42.7 Å². The van der Waals surface area contributed by atoms with E-state index < -0.39 is 0 Å². The smallest absolute Gasteiger partial charge is 0.227 e. The topological polar surface area (TPSA) is 36.4 Å². The van der Waals surface area contributed by atoms with Crippen LogP contribution in [-0.2, 0) is 11.2 Å². The lowest BCUT2D eigenvalue weighted by Gasteiger charge is -2.34. The summed E-state index contributed by atoms with van der Waals surface area (Å²) in [5, 5.41) is 1.72. The molecular formula is C17H15Cl2N3OS2. The molecular weight excluding hydrogens is 397 g/mol. The van der Waals surface area contributed by atoms with Crippen LogP contribution in [0.3, 0.4) is 0 Å². The standard InChI is InChI=1S/C17H15Cl2N3OS2/c18-11-1-3-13-14(9-11)25-17(20-13)22-7-5-21(6-8-22)16(23)10-12-2-4-15(19)24-12/h1-4,9H,5-8,10H2. The van der Waals surface area contributed by atoms with Gasteiger partial charge in [-0.3, -0.25) is 4.79 Å². The molecule has 25 heavy (non-hydrogen) atoms. The highest BCUT2D eigenvalue weighted by Crippen LogP contribution is 2.31. The highest BCUT2D eigenvalue weighted by atomic mass is 35.5. The van der Waals surface area contributed by atoms with Gasteiger partial charge in [-0.25, -0.2) is 4.98 Å². The maximum absolute atomic E-state index is 12.4. The fourth-order valence-electron chi connectivity index (χ4n) is 2.88. The predicted molar refractivity (Wildman–Crippen MR) is 106 cm³/mol. The zero-order valence-corrected chi connectivity index (χ0v) is 16.4. The number of thiophene rings is 1. The van der Waals surface area contributed by atoms with Crippen LogP contribution >= 0.6 is 45.9 Å². The Kier molecular flexibility index (Phi) is 4.86. The lowest BCUT2D eigenvalue weighted by Crippen LogP contribution is -2.49. The first kappa shape index (κ1) is 17.1. The van der Waals surface area contributed by atoms with Crippen LogP contribution in [0.4, 0.5) is 5.13 Å². The van der Waals surface area contributed by atoms with Gasteiger partial charge in [-0.15, -0.1) is 11.3 Å². The number of thiazole rings is 1. The van der Waals surface area contributed by atoms with E-state index in [1.54, 1.807) is 11.3 Å². The van der Waals surface area contributed by atoms with Gasteiger partial charge in [0.2, 0.25) is 5.91 Å². The Hall–Kier alpha value is -1.34. The monoisotopic (exact) mass is 411 g/mol. The Morgan fingerprint density at radius 3 is 2.60 bits per heavy atom. The third-order valence-electron chi connectivity index (χ3n) is 4.20. The number of anilines is 1. The molecule has 1 aromatic carbocycles. The second kappa shape index (κ2) is 7.11. The fourth-order valence-corrected chi connectivity index (χ4v) is 5.25. The summed E-state index contributed by atoms with van der Waals surface area (Å²) in [7, 11) is 0. The number of hydrogen-bond donors (Lipinski definition) is 0. The minimum Gasteiger partial charge on any atom is -0.345 e. The predicted octanol–water partition coefficient (Wildman–Crippen LogP) is 4.56. The number of amides is 1. The molecule has 0 saturated carbocycles. The molecule has 0 unspecified atom stereocenters. The van der Waals surface area contributed by atoms with Crippen LogP contribution < -0.4 is 4.90 Å². The number of carbonyl (C=O) groups is 1. The average molecular weight is 412 g/mol. The maximum atomic E-state index is 12.4. The van der Waals surface area contributed by atoms with Crippen LogP contribution in [0.15, 0.2) is 30.3 Å². The molecule has 0 bridgehead atoms. The molecule has 130 valence electrons. The summed E-state index contributed by atoms with van der Waals surface area (Å²) in [5.41, 5.74) is 0.970. The molecule has 0 atom stereocenters. The Morgan fingerprint density at radius 1 is 1.08 bits per heavy atom. The largest absolute Gasteiger partial charge is 0.345 e. The van der Waals surface area contributed by atoms with Gasteiger partial charge in [-0.2, -0.15) is 0 Å². The van der Waals surface area contributed by atoms with Gasteiger partial charge in [0.15, 0.2) is 5.13 Å². The molecule has 0 radical (unpaired) electrons. The normalized spacial score (nSPS) is 15.1. The summed E-state index contributed by atoms with van der Waals surface area (Å²) < 4.78 is 1.82. The number of piperazine rings is 1. The second-order valence-electron chi connectivity index (χ2n) is 5.86. The van der Waals surface area contributed by atoms with Crippen LogP contribution in [0.25, 0.3) is 10.2 Å². The lowest BCUT2D eigenvalue weighted by atomic mass is 10.2. The molecule has 1 fully saturated rings. The first-order chi connectivity index (χ1) is 12.1. The molecule has 2 aromatic heterocycles. The third-order valence-corrected chi connectivity index (χ3v) is 6.74. The first-order valence-electron chi connectivity index (χ1n) is 7.91. The van der Waals surface area contributed by atoms with E-state index in [0.29, 0.717) is 19.5 Å². The maximum Gasteiger partial charge on any atom is 0.227 e. The summed E-state index contributed by atoms with van der Waals surface area (Å²) >= 11 is 15.1. The quantitative estimate of drug-likeness (QED) is 0.633. The van der Waals surface area contributed by atoms with Gasteiger partial charge in [0.1, 0.15) is 0 Å². The van der Waals surface area contributed by atoms with Crippen molar-refractivity contribution in [2.45, 2.75) is 6.42 Å². The van der Waals surface area contributed by atoms with Crippen molar-refractivity contribution in [2.75, 3.05) is 31.1 Å². The summed E-state index contributed by atoms with van der Waals surface area (Å²) in [6.07, 6.45) is 0.428. The van der Waals surface area contributed by atoms with Gasteiger partial charge in [-0.1, -0.05) is 34.5 Å². The molecule has 4 nitrogen and oxygen atoms in total. The number of aromatic nitrogens is 1. The molecule has 1 amide bonds. The molecule has 8 heteroatoms. The third kappa shape index (κ3) is 3.77. The van der Waals surface area contributed by atoms with E-state index in [4.69, 9.17) is 23.2 Å². The number of fused-ring (bicyclic) bond motifs is 1. The summed E-state index contributed by atoms with van der Waals surface area (Å²) in [4.78, 5) is 22.3. The Labute approximate surface area is 163 Å². The van der Waals surface area contributed by atoms with Crippen molar-refractivity contribution < 1.29 is 4.79 Å². The molecule has 3 aromatic rings. The summed E-state index contributed by atoms with van der Waals surface area (Å²) in [5.74, 6) is 0.161. The lowest BCUT2D eigenvalue weighted by molar-refractivity contribution is -0.130. The minimum absolute atomic E-state index is 0.161. The zero-order chi connectivity index (χ0) is 17.4. The van der Waals surface area contributed by atoms with Crippen molar-refractivity contribution in [3.05, 3.63) is 44.6 Å². The average Bonchev–Trinajstić information content (AvgIpc) is 3.20. The summed E-state index contributed by atoms with van der Waals surface area (Å²) in [6, 6.07) is 9.52. The van der Waals surface area contributed by atoms with E-state index >= 15 is 0 Å². The summed E-state index contributed by atoms with van der Waals surface area (Å²) in [6.45, 7) is 3.03. The van der Waals surface area contributed by atoms with Gasteiger partial charge in [0, 0.05) is 36.1 Å². The zero-order valence-electron chi connectivity index (χ0n) is 13.2. The fraction of sp³-hybridized carbons (Fsp3) is 0.294. The molecule has 0 N–H and O–H groups in total. The van der Waals surface area contributed by atoms with E-state index in [9.17, 15) is 4.79 Å². The van der Waals surface area contributed by atoms with Crippen LogP contribution in [0.1, 0.15) is 4.88 Å². The van der Waals surface area contributed by atoms with E-state index in [1.165, 1.54) is 11.3 Å². The number of hydrogen-bond acceptors (Lipinski definition) is 5. The van der Waals surface area contributed by atoms with Crippen molar-refractivity contribution in [3.63, 3.8) is 0 Å². The van der Waals surface area contributed by atoms with Crippen molar-refractivity contribution in [1.29, 1.82) is 0 Å². The minimum atomic E-state index is 0.161. The molecule has 3 heterocycles. The van der Waals surface area contributed by atoms with Crippen molar-refractivity contribution in [3.8, 4) is 0 Å². The molecule has 0 aliphatic carbocycles. The van der Waals surface area contributed by atoms with Crippen molar-refractivity contribution >= 4 is 67.1 Å². The number of carbonyl (C=O) groups excluding carboxylic acids is 1. The molecule has 1 saturated heterocycles. The van der Waals surface area contributed by atoms with Gasteiger partial charge in [0.05, 0.1) is 21.0 Å². The SMILES string of the molecule is O=C(Cc1ccc(Cl)s1)N1CCN(c2nc3ccc(Cl)cc3s2)CC1. The van der Waals surface area contributed by atoms with Crippen LogP contribution in [0.2, 0.25) is 9.36 Å². The second-order valence-corrected chi connectivity index (χ2v) is 9.10. The van der Waals surface area contributed by atoms with Gasteiger partial charge in [0.25, 0.3) is 0 Å². The number of halogens is 2. The van der Waals surface area contributed by atoms with Crippen LogP contribution in [-0.4, -0.2) is 42.0 Å². The van der Waals surface area contributed by atoms with Gasteiger partial charge in [-0.05, 0) is 30.3 Å². The molecule has 4 rings (SSSR count). The van der Waals surface area contributed by atoms with Crippen LogP contribution in [0, 0.1) is 0 Å². The number of rotatable bonds is 3. The van der Waals surface area contributed by atoms with Crippen molar-refractivity contribution in [1.82, 2.24) is 9.88 Å². The van der Waals surface area contributed by atoms with Gasteiger partial charge >= 0.3 is 0 Å². The molecule has 0 spiro atoms. The highest BCUT2D eigenvalue weighted by molar-refractivity contribution is 7.22. The highest BCUT2D eigenvalue weighted by Gasteiger charge is 2.23. The number of benzene rings is 1. The van der Waals surface area contributed by atoms with E-state index in [1.807, 2.05) is 35.2 Å². The number of nitrogens with zero attached hydrogens (tertiary/aromatic N) is 3. The Morgan fingerprint density at radius 2 is 1.88 bits per heavy atom. The molecule has 1 aliphatic heterocycles.